The first-order valence-corrected chi connectivity index (χ1v) is 3.23. The molecule has 0 saturated carbocycles. The van der Waals surface area contributed by atoms with Gasteiger partial charge in [-0.2, -0.15) is 18.2 Å². The molecule has 0 radical (unpaired) electrons. The Kier molecular flexibility index (Phi) is 4.84. The molecule has 1 N–H and O–H groups in total. The van der Waals surface area contributed by atoms with Crippen LogP contribution in [-0.2, 0) is 21.1 Å². The van der Waals surface area contributed by atoms with Gasteiger partial charge >= 0.3 is 21.1 Å². The Labute approximate surface area is 87.4 Å². The van der Waals surface area contributed by atoms with E-state index in [1.807, 2.05) is 24.4 Å². The van der Waals surface area contributed by atoms with Gasteiger partial charge in [-0.1, -0.05) is 5.69 Å². The second-order valence-corrected chi connectivity index (χ2v) is 2.14. The summed E-state index contributed by atoms with van der Waals surface area (Å²) < 4.78 is 0. The van der Waals surface area contributed by atoms with Crippen molar-refractivity contribution in [3.63, 3.8) is 0 Å². The zero-order valence-electron chi connectivity index (χ0n) is 6.87. The summed E-state index contributed by atoms with van der Waals surface area (Å²) in [5.74, 6) is 0. The maximum absolute atomic E-state index is 4.19. The van der Waals surface area contributed by atoms with Crippen LogP contribution in [0.15, 0.2) is 23.2 Å². The summed E-state index contributed by atoms with van der Waals surface area (Å²) >= 11 is 0. The van der Waals surface area contributed by atoms with Crippen LogP contribution in [0.2, 0.25) is 0 Å². The van der Waals surface area contributed by atoms with Crippen LogP contribution in [0.5, 0.6) is 0 Å². The number of nitrogens with zero attached hydrogens (tertiary/aromatic N) is 1. The van der Waals surface area contributed by atoms with Crippen molar-refractivity contribution in [2.75, 3.05) is 11.9 Å². The molecule has 0 aliphatic carbocycles. The van der Waals surface area contributed by atoms with Crippen LogP contribution in [0.4, 0.5) is 11.4 Å². The minimum atomic E-state index is 0. The van der Waals surface area contributed by atoms with E-state index in [-0.39, 0.29) is 28.5 Å². The van der Waals surface area contributed by atoms with Crippen LogP contribution in [0, 0.1) is 13.5 Å². The molecule has 62 valence electrons. The molecule has 2 rings (SSSR count). The first-order valence-electron chi connectivity index (χ1n) is 3.23. The minimum absolute atomic E-state index is 0. The van der Waals surface area contributed by atoms with Crippen LogP contribution in [0.3, 0.4) is 0 Å². The number of nitrogens with one attached hydrogen (secondary N) is 1. The summed E-state index contributed by atoms with van der Waals surface area (Å²) in [5, 5.41) is 3.18. The maximum Gasteiger partial charge on any atom is 2.00 e. The van der Waals surface area contributed by atoms with E-state index in [1.165, 1.54) is 0 Å². The van der Waals surface area contributed by atoms with Crippen molar-refractivity contribution in [1.82, 2.24) is 0 Å². The number of aliphatic imine (C=N–C) groups is 1. The quantitative estimate of drug-likeness (QED) is 0.724. The average Bonchev–Trinajstić information content (AvgIpc) is 2.05. The van der Waals surface area contributed by atoms with Gasteiger partial charge in [0.25, 0.3) is 0 Å². The topological polar surface area (TPSA) is 24.4 Å². The van der Waals surface area contributed by atoms with E-state index >= 15 is 0 Å². The molecule has 0 fully saturated rings. The zero-order valence-corrected chi connectivity index (χ0v) is 9.81. The van der Waals surface area contributed by atoms with E-state index in [2.05, 4.69) is 16.4 Å². The van der Waals surface area contributed by atoms with Gasteiger partial charge in [0.15, 0.2) is 0 Å². The third-order valence-corrected chi connectivity index (χ3v) is 1.46. The molecule has 0 atom stereocenters. The maximum atomic E-state index is 4.19. The molecular weight excluding hydrogens is 320 g/mol. The van der Waals surface area contributed by atoms with Crippen molar-refractivity contribution >= 4 is 17.6 Å². The smallest absolute Gasteiger partial charge is 0.430 e. The molecule has 0 saturated heterocycles. The van der Waals surface area contributed by atoms with E-state index in [0.717, 1.165) is 17.9 Å². The van der Waals surface area contributed by atoms with Gasteiger partial charge in [-0.3, -0.25) is 4.99 Å². The van der Waals surface area contributed by atoms with E-state index < -0.39 is 0 Å². The molecule has 1 aliphatic rings. The van der Waals surface area contributed by atoms with Gasteiger partial charge in [-0.05, 0) is 5.69 Å². The normalized spacial score (nSPS) is 11.7. The van der Waals surface area contributed by atoms with E-state index in [9.17, 15) is 0 Å². The summed E-state index contributed by atoms with van der Waals surface area (Å²) in [5.41, 5.74) is 2.08. The van der Waals surface area contributed by atoms with E-state index in [1.54, 1.807) is 0 Å². The average molecular weight is 330 g/mol. The number of hydrogen-bond acceptors (Lipinski definition) is 2. The van der Waals surface area contributed by atoms with Crippen molar-refractivity contribution in [2.24, 2.45) is 4.99 Å². The minimum Gasteiger partial charge on any atom is -0.430 e. The van der Waals surface area contributed by atoms with Gasteiger partial charge in [0.1, 0.15) is 0 Å². The van der Waals surface area contributed by atoms with Crippen LogP contribution in [-0.4, -0.2) is 12.8 Å². The number of rotatable bonds is 0. The number of anilines is 1. The molecule has 0 aromatic heterocycles. The Morgan fingerprint density at radius 2 is 2.33 bits per heavy atom. The van der Waals surface area contributed by atoms with Gasteiger partial charge < -0.3 is 12.7 Å². The van der Waals surface area contributed by atoms with Crippen LogP contribution in [0.25, 0.3) is 0 Å². The second kappa shape index (κ2) is 5.10. The molecule has 0 amide bonds. The van der Waals surface area contributed by atoms with Crippen molar-refractivity contribution in [1.29, 1.82) is 0 Å². The number of hydrogen-bond donors (Lipinski definition) is 1. The Hall–Kier alpha value is -0.622. The molecule has 0 bridgehead atoms. The Morgan fingerprint density at radius 1 is 1.50 bits per heavy atom. The summed E-state index contributed by atoms with van der Waals surface area (Å²) in [4.78, 5) is 4.19. The summed E-state index contributed by atoms with van der Waals surface area (Å²) in [6, 6.07) is 8.70. The fraction of sp³-hybridized carbons (Fsp3) is 0.111. The molecule has 1 aromatic carbocycles. The molecule has 0 unspecified atom stereocenters. The zero-order chi connectivity index (χ0) is 6.81. The molecule has 1 aromatic rings. The van der Waals surface area contributed by atoms with Crippen molar-refractivity contribution < 1.29 is 21.1 Å². The fourth-order valence-electron chi connectivity index (χ4n) is 0.976. The van der Waals surface area contributed by atoms with Crippen LogP contribution in [0.1, 0.15) is 0 Å². The SMILES string of the molecule is [CH3-].[W+2].[c-]1ccc2c(c1)NCC=N2. The molecule has 1 aliphatic heterocycles. The third-order valence-electron chi connectivity index (χ3n) is 1.46. The monoisotopic (exact) mass is 330 g/mol. The van der Waals surface area contributed by atoms with Gasteiger partial charge in [-0.25, -0.2) is 0 Å². The van der Waals surface area contributed by atoms with Crippen LogP contribution >= 0.6 is 0 Å². The van der Waals surface area contributed by atoms with E-state index in [0.29, 0.717) is 0 Å². The summed E-state index contributed by atoms with van der Waals surface area (Å²) in [7, 11) is 0. The summed E-state index contributed by atoms with van der Waals surface area (Å²) in [6.07, 6.45) is 1.86. The molecular formula is C9H10N2W. The first-order chi connectivity index (χ1) is 4.97. The van der Waals surface area contributed by atoms with Gasteiger partial charge in [0.2, 0.25) is 0 Å². The molecule has 3 heteroatoms. The predicted octanol–water partition coefficient (Wildman–Crippen LogP) is 2.06. The molecule has 1 heterocycles. The Balaban J connectivity index is 0.000000605. The largest absolute Gasteiger partial charge is 2.00 e. The Bertz CT molecular complexity index is 271. The van der Waals surface area contributed by atoms with Crippen molar-refractivity contribution in [3.05, 3.63) is 31.7 Å². The van der Waals surface area contributed by atoms with Gasteiger partial charge in [0.05, 0.1) is 0 Å². The molecule has 0 spiro atoms. The summed E-state index contributed by atoms with van der Waals surface area (Å²) in [6.45, 7) is 0.824. The van der Waals surface area contributed by atoms with Gasteiger partial charge in [-0.15, -0.1) is 6.07 Å². The van der Waals surface area contributed by atoms with E-state index in [4.69, 9.17) is 0 Å². The first kappa shape index (κ1) is 11.4. The number of fused-ring (bicyclic) bond motifs is 1. The fourth-order valence-corrected chi connectivity index (χ4v) is 0.976. The number of benzene rings is 1. The van der Waals surface area contributed by atoms with Crippen molar-refractivity contribution in [2.45, 2.75) is 0 Å². The Morgan fingerprint density at radius 3 is 3.08 bits per heavy atom. The molecule has 2 nitrogen and oxygen atoms in total. The molecule has 12 heavy (non-hydrogen) atoms. The standard InChI is InChI=1S/C8H7N2.CH3.W/c1-2-4-8-7(3-1)9-5-6-10-8;;/h1,3-5,10H,6H2;1H3;/q2*-1;+2. The third kappa shape index (κ3) is 2.18. The van der Waals surface area contributed by atoms with Crippen molar-refractivity contribution in [3.8, 4) is 0 Å². The van der Waals surface area contributed by atoms with Crippen LogP contribution < -0.4 is 5.32 Å². The second-order valence-electron chi connectivity index (χ2n) is 2.14. The predicted molar refractivity (Wildman–Crippen MR) is 48.3 cm³/mol. The van der Waals surface area contributed by atoms with Gasteiger partial charge in [0, 0.05) is 12.8 Å².